The average molecular weight is 335 g/mol. The molecule has 0 saturated carbocycles. The fourth-order valence-corrected chi connectivity index (χ4v) is 1.69. The van der Waals surface area contributed by atoms with Crippen molar-refractivity contribution in [1.82, 2.24) is 9.78 Å². The number of nitrogens with zero attached hydrogens (tertiary/aromatic N) is 2. The minimum Gasteiger partial charge on any atom is -0.435 e. The molecule has 0 aliphatic rings. The van der Waals surface area contributed by atoms with Crippen molar-refractivity contribution in [3.63, 3.8) is 0 Å². The number of aromatic nitrogens is 2. The van der Waals surface area contributed by atoms with E-state index >= 15 is 0 Å². The highest BCUT2D eigenvalue weighted by molar-refractivity contribution is 6.04. The molecule has 1 amide bonds. The fraction of sp³-hybridized carbons (Fsp3) is 0.231. The van der Waals surface area contributed by atoms with E-state index in [1.807, 2.05) is 0 Å². The number of amides is 1. The highest BCUT2D eigenvalue weighted by atomic mass is 19.4. The minimum atomic E-state index is -4.42. The molecular weight excluding hydrogens is 325 g/mol. The van der Waals surface area contributed by atoms with Crippen LogP contribution in [0, 0.1) is 0 Å². The smallest absolute Gasteiger partial charge is 0.408 e. The third-order valence-electron chi connectivity index (χ3n) is 2.57. The van der Waals surface area contributed by atoms with Gasteiger partial charge in [-0.1, -0.05) is 0 Å². The molecule has 0 atom stereocenters. The Labute approximate surface area is 126 Å². The molecule has 1 aromatic carbocycles. The van der Waals surface area contributed by atoms with Crippen LogP contribution in [-0.4, -0.2) is 28.5 Å². The topological polar surface area (TPSA) is 56.2 Å². The number of benzene rings is 1. The maximum atomic E-state index is 12.2. The fourth-order valence-electron chi connectivity index (χ4n) is 1.69. The Kier molecular flexibility index (Phi) is 4.82. The van der Waals surface area contributed by atoms with Crippen molar-refractivity contribution >= 4 is 11.6 Å². The number of hydrogen-bond donors (Lipinski definition) is 1. The number of carbonyl (C=O) groups is 1. The van der Waals surface area contributed by atoms with E-state index in [0.717, 1.165) is 12.4 Å². The first-order valence-corrected chi connectivity index (χ1v) is 6.18. The van der Waals surface area contributed by atoms with Crippen LogP contribution in [-0.2, 0) is 6.54 Å². The van der Waals surface area contributed by atoms with Gasteiger partial charge in [0.05, 0.1) is 11.9 Å². The van der Waals surface area contributed by atoms with Gasteiger partial charge in [-0.05, 0) is 24.3 Å². The van der Waals surface area contributed by atoms with Crippen LogP contribution >= 0.6 is 0 Å². The number of carbonyl (C=O) groups excluding carboxylic acids is 1. The van der Waals surface area contributed by atoms with Crippen LogP contribution < -0.4 is 10.1 Å². The molecule has 1 aromatic heterocycles. The van der Waals surface area contributed by atoms with E-state index in [-0.39, 0.29) is 17.0 Å². The third-order valence-corrected chi connectivity index (χ3v) is 2.57. The molecule has 124 valence electrons. The number of nitrogens with one attached hydrogen (secondary N) is 1. The molecule has 0 saturated heterocycles. The molecule has 2 rings (SSSR count). The Morgan fingerprint density at radius 3 is 2.48 bits per heavy atom. The Hall–Kier alpha value is -2.65. The summed E-state index contributed by atoms with van der Waals surface area (Å²) >= 11 is 0. The van der Waals surface area contributed by atoms with Crippen molar-refractivity contribution < 1.29 is 31.5 Å². The Morgan fingerprint density at radius 2 is 1.91 bits per heavy atom. The molecule has 0 unspecified atom stereocenters. The van der Waals surface area contributed by atoms with Crippen molar-refractivity contribution in [2.75, 3.05) is 5.32 Å². The highest BCUT2D eigenvalue weighted by Gasteiger charge is 2.28. The molecule has 5 nitrogen and oxygen atoms in total. The Morgan fingerprint density at radius 1 is 1.26 bits per heavy atom. The van der Waals surface area contributed by atoms with Crippen molar-refractivity contribution in [2.45, 2.75) is 19.3 Å². The van der Waals surface area contributed by atoms with Crippen molar-refractivity contribution in [2.24, 2.45) is 0 Å². The number of alkyl halides is 5. The quantitative estimate of drug-likeness (QED) is 0.853. The first-order chi connectivity index (χ1) is 10.7. The zero-order valence-electron chi connectivity index (χ0n) is 11.3. The summed E-state index contributed by atoms with van der Waals surface area (Å²) in [6, 6.07) is 4.84. The maximum Gasteiger partial charge on any atom is 0.408 e. The molecule has 10 heteroatoms. The summed E-state index contributed by atoms with van der Waals surface area (Å²) in [7, 11) is 0. The van der Waals surface area contributed by atoms with Crippen LogP contribution in [0.5, 0.6) is 5.75 Å². The second-order valence-corrected chi connectivity index (χ2v) is 4.40. The van der Waals surface area contributed by atoms with Crippen LogP contribution in [0.25, 0.3) is 0 Å². The minimum absolute atomic E-state index is 0.0761. The predicted octanol–water partition coefficient (Wildman–Crippen LogP) is 3.30. The standard InChI is InChI=1S/C13H10F5N3O2/c14-12(15)23-10-3-1-8(2-4-10)11(22)20-9-5-19-21(6-9)7-13(16,17)18/h1-6,12H,7H2,(H,20,22). The van der Waals surface area contributed by atoms with E-state index in [1.54, 1.807) is 0 Å². The number of halogens is 5. The van der Waals surface area contributed by atoms with Gasteiger partial charge in [-0.25, -0.2) is 0 Å². The maximum absolute atomic E-state index is 12.2. The van der Waals surface area contributed by atoms with Crippen LogP contribution in [0.3, 0.4) is 0 Å². The van der Waals surface area contributed by atoms with Gasteiger partial charge in [0.1, 0.15) is 12.3 Å². The van der Waals surface area contributed by atoms with Gasteiger partial charge in [0.25, 0.3) is 5.91 Å². The average Bonchev–Trinajstić information content (AvgIpc) is 2.83. The van der Waals surface area contributed by atoms with Crippen molar-refractivity contribution in [3.05, 3.63) is 42.2 Å². The Bertz CT molecular complexity index is 667. The van der Waals surface area contributed by atoms with Crippen LogP contribution in [0.1, 0.15) is 10.4 Å². The second kappa shape index (κ2) is 6.63. The zero-order chi connectivity index (χ0) is 17.0. The lowest BCUT2D eigenvalue weighted by molar-refractivity contribution is -0.142. The number of ether oxygens (including phenoxy) is 1. The summed E-state index contributed by atoms with van der Waals surface area (Å²) in [5.74, 6) is -0.741. The van der Waals surface area contributed by atoms with Gasteiger partial charge in [-0.2, -0.15) is 27.1 Å². The lowest BCUT2D eigenvalue weighted by atomic mass is 10.2. The lowest BCUT2D eigenvalue weighted by Gasteiger charge is -2.06. The number of anilines is 1. The first kappa shape index (κ1) is 16.7. The molecule has 2 aromatic rings. The molecule has 1 N–H and O–H groups in total. The summed E-state index contributed by atoms with van der Waals surface area (Å²) in [5, 5.41) is 5.82. The molecule has 1 heterocycles. The molecular formula is C13H10F5N3O2. The molecule has 23 heavy (non-hydrogen) atoms. The molecule has 0 fully saturated rings. The SMILES string of the molecule is O=C(Nc1cnn(CC(F)(F)F)c1)c1ccc(OC(F)F)cc1. The second-order valence-electron chi connectivity index (χ2n) is 4.40. The molecule has 0 aliphatic carbocycles. The van der Waals surface area contributed by atoms with Crippen molar-refractivity contribution in [1.29, 1.82) is 0 Å². The summed E-state index contributed by atoms with van der Waals surface area (Å²) in [6.07, 6.45) is -2.33. The molecule has 0 aliphatic heterocycles. The molecule has 0 bridgehead atoms. The summed E-state index contributed by atoms with van der Waals surface area (Å²) in [4.78, 5) is 11.9. The van der Waals surface area contributed by atoms with E-state index in [1.165, 1.54) is 24.3 Å². The van der Waals surface area contributed by atoms with E-state index in [2.05, 4.69) is 15.2 Å². The van der Waals surface area contributed by atoms with Crippen LogP contribution in [0.4, 0.5) is 27.6 Å². The van der Waals surface area contributed by atoms with Gasteiger partial charge in [-0.15, -0.1) is 0 Å². The monoisotopic (exact) mass is 335 g/mol. The van der Waals surface area contributed by atoms with Gasteiger partial charge in [0, 0.05) is 11.8 Å². The summed E-state index contributed by atoms with van der Waals surface area (Å²) < 4.78 is 65.3. The lowest BCUT2D eigenvalue weighted by Crippen LogP contribution is -2.18. The first-order valence-electron chi connectivity index (χ1n) is 6.18. The van der Waals surface area contributed by atoms with Crippen molar-refractivity contribution in [3.8, 4) is 5.75 Å². The normalized spacial score (nSPS) is 11.6. The van der Waals surface area contributed by atoms with Crippen LogP contribution in [0.15, 0.2) is 36.7 Å². The molecule has 0 spiro atoms. The van der Waals surface area contributed by atoms with Gasteiger partial charge < -0.3 is 10.1 Å². The summed E-state index contributed by atoms with van der Waals surface area (Å²) in [6.45, 7) is -4.25. The van der Waals surface area contributed by atoms with Gasteiger partial charge in [0.15, 0.2) is 0 Å². The number of hydrogen-bond acceptors (Lipinski definition) is 3. The summed E-state index contributed by atoms with van der Waals surface area (Å²) in [5.41, 5.74) is 0.197. The van der Waals surface area contributed by atoms with E-state index in [0.29, 0.717) is 4.68 Å². The predicted molar refractivity (Wildman–Crippen MR) is 69.3 cm³/mol. The van der Waals surface area contributed by atoms with E-state index < -0.39 is 25.2 Å². The molecule has 0 radical (unpaired) electrons. The largest absolute Gasteiger partial charge is 0.435 e. The number of rotatable bonds is 5. The van der Waals surface area contributed by atoms with Gasteiger partial charge in [-0.3, -0.25) is 9.48 Å². The zero-order valence-corrected chi connectivity index (χ0v) is 11.3. The third kappa shape index (κ3) is 5.24. The van der Waals surface area contributed by atoms with Gasteiger partial charge in [0.2, 0.25) is 0 Å². The Balaban J connectivity index is 1.99. The highest BCUT2D eigenvalue weighted by Crippen LogP contribution is 2.19. The van der Waals surface area contributed by atoms with Crippen LogP contribution in [0.2, 0.25) is 0 Å². The van der Waals surface area contributed by atoms with E-state index in [4.69, 9.17) is 0 Å². The van der Waals surface area contributed by atoms with Gasteiger partial charge >= 0.3 is 12.8 Å². The van der Waals surface area contributed by atoms with E-state index in [9.17, 15) is 26.7 Å².